The second-order valence-corrected chi connectivity index (χ2v) is 7.98. The van der Waals surface area contributed by atoms with Gasteiger partial charge in [-0.25, -0.2) is 0 Å². The van der Waals surface area contributed by atoms with Crippen LogP contribution in [-0.4, -0.2) is 27.9 Å². The van der Waals surface area contributed by atoms with Crippen LogP contribution in [0, 0.1) is 20.8 Å². The molecule has 0 amide bonds. The first-order chi connectivity index (χ1) is 13.1. The van der Waals surface area contributed by atoms with Gasteiger partial charge in [-0.2, -0.15) is 23.4 Å². The summed E-state index contributed by atoms with van der Waals surface area (Å²) >= 11 is 6.00. The summed E-state index contributed by atoms with van der Waals surface area (Å²) in [6.45, 7) is 5.60. The molecule has 0 unspecified atom stereocenters. The molecule has 2 aromatic carbocycles. The summed E-state index contributed by atoms with van der Waals surface area (Å²) in [6, 6.07) is 10.2. The van der Waals surface area contributed by atoms with E-state index in [1.54, 1.807) is 13.0 Å². The zero-order valence-corrected chi connectivity index (χ0v) is 16.9. The number of nitrogens with zero attached hydrogens (tertiary/aromatic N) is 3. The monoisotopic (exact) mass is 419 g/mol. The molecule has 3 N–H and O–H groups in total. The van der Waals surface area contributed by atoms with E-state index in [1.165, 1.54) is 17.7 Å². The minimum Gasteiger partial charge on any atom is -0.324 e. The Kier molecular flexibility index (Phi) is 5.50. The smallest absolute Gasteiger partial charge is 0.294 e. The summed E-state index contributed by atoms with van der Waals surface area (Å²) in [5.74, 6) is 0.447. The lowest BCUT2D eigenvalue weighted by molar-refractivity contribution is 0.482. The summed E-state index contributed by atoms with van der Waals surface area (Å²) in [5, 5.41) is 6.02. The summed E-state index contributed by atoms with van der Waals surface area (Å²) < 4.78 is 31.8. The molecular weight excluding hydrogens is 402 g/mol. The quantitative estimate of drug-likeness (QED) is 0.527. The molecule has 0 radical (unpaired) electrons. The van der Waals surface area contributed by atoms with Gasteiger partial charge < -0.3 is 10.6 Å². The fourth-order valence-corrected chi connectivity index (χ4v) is 3.42. The average Bonchev–Trinajstić information content (AvgIpc) is 2.56. The molecule has 3 aromatic rings. The van der Waals surface area contributed by atoms with Gasteiger partial charge in [0.1, 0.15) is 0 Å². The summed E-state index contributed by atoms with van der Waals surface area (Å²) in [6.07, 6.45) is 0. The van der Waals surface area contributed by atoms with Crippen LogP contribution in [0.3, 0.4) is 0 Å². The van der Waals surface area contributed by atoms with E-state index in [4.69, 9.17) is 11.6 Å². The number of aromatic nitrogens is 3. The Labute approximate surface area is 167 Å². The fourth-order valence-electron chi connectivity index (χ4n) is 2.56. The average molecular weight is 420 g/mol. The molecule has 0 aliphatic heterocycles. The van der Waals surface area contributed by atoms with E-state index in [2.05, 4.69) is 25.6 Å². The highest BCUT2D eigenvalue weighted by molar-refractivity contribution is 7.85. The molecule has 1 heterocycles. The van der Waals surface area contributed by atoms with Crippen LogP contribution in [-0.2, 0) is 10.1 Å². The van der Waals surface area contributed by atoms with Crippen molar-refractivity contribution in [2.24, 2.45) is 0 Å². The van der Waals surface area contributed by atoms with Crippen molar-refractivity contribution >= 4 is 45.0 Å². The van der Waals surface area contributed by atoms with E-state index < -0.39 is 10.1 Å². The Bertz CT molecular complexity index is 1150. The van der Waals surface area contributed by atoms with Gasteiger partial charge in [-0.15, -0.1) is 0 Å². The molecule has 0 spiro atoms. The van der Waals surface area contributed by atoms with Gasteiger partial charge in [-0.1, -0.05) is 6.07 Å². The molecule has 3 rings (SSSR count). The Balaban J connectivity index is 1.85. The van der Waals surface area contributed by atoms with Crippen LogP contribution in [0.1, 0.15) is 16.7 Å². The van der Waals surface area contributed by atoms with Gasteiger partial charge in [-0.3, -0.25) is 4.55 Å². The van der Waals surface area contributed by atoms with E-state index in [9.17, 15) is 13.0 Å². The van der Waals surface area contributed by atoms with Gasteiger partial charge in [0, 0.05) is 11.4 Å². The van der Waals surface area contributed by atoms with Crippen molar-refractivity contribution in [3.8, 4) is 0 Å². The molecule has 0 saturated heterocycles. The molecule has 0 aliphatic carbocycles. The van der Waals surface area contributed by atoms with Crippen LogP contribution in [0.25, 0.3) is 0 Å². The number of anilines is 4. The number of benzene rings is 2. The number of hydrogen-bond acceptors (Lipinski definition) is 7. The van der Waals surface area contributed by atoms with Crippen LogP contribution in [0.2, 0.25) is 5.28 Å². The van der Waals surface area contributed by atoms with Crippen molar-refractivity contribution < 1.29 is 13.0 Å². The molecule has 8 nitrogen and oxygen atoms in total. The Morgan fingerprint density at radius 2 is 1.36 bits per heavy atom. The largest absolute Gasteiger partial charge is 0.324 e. The fraction of sp³-hybridized carbons (Fsp3) is 0.167. The first-order valence-corrected chi connectivity index (χ1v) is 10.0. The van der Waals surface area contributed by atoms with Gasteiger partial charge in [0.15, 0.2) is 0 Å². The topological polar surface area (TPSA) is 117 Å². The van der Waals surface area contributed by atoms with Crippen LogP contribution in [0.15, 0.2) is 41.3 Å². The summed E-state index contributed by atoms with van der Waals surface area (Å²) in [5.41, 5.74) is 4.01. The second kappa shape index (κ2) is 7.70. The third kappa shape index (κ3) is 4.75. The van der Waals surface area contributed by atoms with Crippen LogP contribution in [0.5, 0.6) is 0 Å². The van der Waals surface area contributed by atoms with Crippen molar-refractivity contribution in [1.82, 2.24) is 15.0 Å². The number of nitrogens with one attached hydrogen (secondary N) is 2. The highest BCUT2D eigenvalue weighted by atomic mass is 35.5. The van der Waals surface area contributed by atoms with Gasteiger partial charge >= 0.3 is 0 Å². The molecule has 0 aliphatic rings. The molecule has 0 atom stereocenters. The van der Waals surface area contributed by atoms with Crippen molar-refractivity contribution in [2.75, 3.05) is 10.6 Å². The number of halogens is 1. The van der Waals surface area contributed by atoms with Crippen LogP contribution >= 0.6 is 11.6 Å². The van der Waals surface area contributed by atoms with E-state index in [-0.39, 0.29) is 22.1 Å². The minimum absolute atomic E-state index is 0.00453. The zero-order valence-electron chi connectivity index (χ0n) is 15.4. The minimum atomic E-state index is -4.28. The molecule has 0 fully saturated rings. The second-order valence-electron chi connectivity index (χ2n) is 6.26. The Hall–Kier alpha value is -2.75. The van der Waals surface area contributed by atoms with E-state index in [0.717, 1.165) is 11.3 Å². The number of rotatable bonds is 5. The maximum Gasteiger partial charge on any atom is 0.294 e. The van der Waals surface area contributed by atoms with Gasteiger partial charge in [-0.05, 0) is 79.4 Å². The molecule has 28 heavy (non-hydrogen) atoms. The zero-order chi connectivity index (χ0) is 20.5. The van der Waals surface area contributed by atoms with Crippen LogP contribution < -0.4 is 10.6 Å². The van der Waals surface area contributed by atoms with E-state index in [1.807, 2.05) is 32.0 Å². The highest BCUT2D eigenvalue weighted by Gasteiger charge is 2.14. The maximum atomic E-state index is 11.3. The van der Waals surface area contributed by atoms with Crippen molar-refractivity contribution in [1.29, 1.82) is 0 Å². The molecule has 10 heteroatoms. The predicted octanol–water partition coefficient (Wildman–Crippen LogP) is 4.18. The molecule has 146 valence electrons. The standard InChI is InChI=1S/C18H18ClN5O3S/c1-10-4-5-13(8-11(10)2)20-17-22-16(19)23-18(24-17)21-14-6-7-15(12(3)9-14)28(25,26)27/h4-9H,1-3H3,(H,25,26,27)(H2,20,21,22,23,24). The molecule has 0 bridgehead atoms. The molecule has 0 saturated carbocycles. The SMILES string of the molecule is Cc1ccc(Nc2nc(Cl)nc(Nc3ccc(S(=O)(=O)O)c(C)c3)n2)cc1C. The van der Waals surface area contributed by atoms with Crippen molar-refractivity contribution in [3.63, 3.8) is 0 Å². The molecular formula is C18H18ClN5O3S. The van der Waals surface area contributed by atoms with Gasteiger partial charge in [0.25, 0.3) is 10.1 Å². The van der Waals surface area contributed by atoms with Gasteiger partial charge in [0.2, 0.25) is 17.2 Å². The maximum absolute atomic E-state index is 11.3. The number of aryl methyl sites for hydroxylation is 3. The third-order valence-corrected chi connectivity index (χ3v) is 5.26. The summed E-state index contributed by atoms with van der Waals surface area (Å²) in [4.78, 5) is 12.2. The van der Waals surface area contributed by atoms with Crippen molar-refractivity contribution in [3.05, 3.63) is 58.4 Å². The van der Waals surface area contributed by atoms with Crippen molar-refractivity contribution in [2.45, 2.75) is 25.7 Å². The van der Waals surface area contributed by atoms with E-state index in [0.29, 0.717) is 11.3 Å². The normalized spacial score (nSPS) is 11.3. The lowest BCUT2D eigenvalue weighted by Gasteiger charge is -2.11. The molecule has 1 aromatic heterocycles. The Morgan fingerprint density at radius 3 is 1.86 bits per heavy atom. The van der Waals surface area contributed by atoms with Gasteiger partial charge in [0.05, 0.1) is 4.90 Å². The van der Waals surface area contributed by atoms with E-state index >= 15 is 0 Å². The predicted molar refractivity (Wildman–Crippen MR) is 108 cm³/mol. The lowest BCUT2D eigenvalue weighted by atomic mass is 10.1. The Morgan fingerprint density at radius 1 is 0.821 bits per heavy atom. The lowest BCUT2D eigenvalue weighted by Crippen LogP contribution is -2.05. The third-order valence-electron chi connectivity index (χ3n) is 4.08. The first-order valence-electron chi connectivity index (χ1n) is 8.23. The number of hydrogen-bond donors (Lipinski definition) is 3. The summed E-state index contributed by atoms with van der Waals surface area (Å²) in [7, 11) is -4.28. The first kappa shape index (κ1) is 20.0. The highest BCUT2D eigenvalue weighted by Crippen LogP contribution is 2.23. The van der Waals surface area contributed by atoms with Crippen LogP contribution in [0.4, 0.5) is 23.3 Å².